The monoisotopic (exact) mass is 275 g/mol. The zero-order valence-electron chi connectivity index (χ0n) is 8.29. The summed E-state index contributed by atoms with van der Waals surface area (Å²) in [6.45, 7) is 0. The molecule has 0 heterocycles. The van der Waals surface area contributed by atoms with Gasteiger partial charge >= 0.3 is 18.5 Å². The quantitative estimate of drug-likeness (QED) is 0.464. The highest BCUT2D eigenvalue weighted by molar-refractivity contribution is 5.85. The number of anilines is 1. The second-order valence-electron chi connectivity index (χ2n) is 3.15. The van der Waals surface area contributed by atoms with Gasteiger partial charge in [0.05, 0.1) is 16.8 Å². The van der Waals surface area contributed by atoms with Crippen LogP contribution in [-0.2, 0) is 12.4 Å². The van der Waals surface area contributed by atoms with Gasteiger partial charge in [0.2, 0.25) is 0 Å². The summed E-state index contributed by atoms with van der Waals surface area (Å²) >= 11 is 0. The molecule has 0 saturated carbocycles. The van der Waals surface area contributed by atoms with E-state index in [9.17, 15) is 35.5 Å². The fourth-order valence-electron chi connectivity index (χ4n) is 1.17. The first-order valence-corrected chi connectivity index (χ1v) is 4.27. The summed E-state index contributed by atoms with van der Waals surface area (Å²) in [5.41, 5.74) is -4.40. The maximum Gasteiger partial charge on any atom is 0.418 e. The van der Waals surface area contributed by atoms with Gasteiger partial charge in [0.15, 0.2) is 0 Å². The summed E-state index contributed by atoms with van der Waals surface area (Å²) in [6, 6.07) is 0.439. The lowest BCUT2D eigenvalue weighted by Crippen LogP contribution is -2.15. The topological polar surface area (TPSA) is 29.1 Å². The van der Waals surface area contributed by atoms with Crippen molar-refractivity contribution in [3.8, 4) is 0 Å². The normalized spacial score (nSPS) is 12.4. The highest BCUT2D eigenvalue weighted by atomic mass is 19.4. The molecule has 0 aliphatic carbocycles. The second-order valence-corrected chi connectivity index (χ2v) is 3.15. The average Bonchev–Trinajstić information content (AvgIpc) is 2.13. The lowest BCUT2D eigenvalue weighted by Gasteiger charge is -2.15. The number of nitrogens with one attached hydrogen (secondary N) is 1. The van der Waals surface area contributed by atoms with Crippen molar-refractivity contribution in [2.24, 2.45) is 0 Å². The van der Waals surface area contributed by atoms with E-state index in [-0.39, 0.29) is 6.07 Å². The molecule has 1 aromatic rings. The molecule has 100 valence electrons. The van der Waals surface area contributed by atoms with Crippen LogP contribution in [-0.4, -0.2) is 6.16 Å². The number of hydrogen-bond acceptors (Lipinski definition) is 1. The molecule has 1 N–H and O–H groups in total. The van der Waals surface area contributed by atoms with Crippen molar-refractivity contribution < 1.29 is 35.5 Å². The highest BCUT2D eigenvalue weighted by Crippen LogP contribution is 2.39. The van der Waals surface area contributed by atoms with E-state index < -0.39 is 35.3 Å². The van der Waals surface area contributed by atoms with Gasteiger partial charge in [-0.25, -0.2) is 4.79 Å². The molecule has 0 aliphatic heterocycles. The number of hydrogen-bond donors (Lipinski definition) is 1. The van der Waals surface area contributed by atoms with Crippen LogP contribution in [0.15, 0.2) is 18.2 Å². The molecule has 18 heavy (non-hydrogen) atoms. The van der Waals surface area contributed by atoms with Crippen molar-refractivity contribution >= 4 is 11.8 Å². The van der Waals surface area contributed by atoms with Crippen LogP contribution >= 0.6 is 0 Å². The van der Waals surface area contributed by atoms with E-state index in [1.807, 2.05) is 0 Å². The first-order valence-electron chi connectivity index (χ1n) is 4.27. The van der Waals surface area contributed by atoms with Crippen molar-refractivity contribution in [2.45, 2.75) is 12.4 Å². The van der Waals surface area contributed by atoms with Crippen molar-refractivity contribution in [1.29, 1.82) is 0 Å². The maximum absolute atomic E-state index is 12.4. The summed E-state index contributed by atoms with van der Waals surface area (Å²) in [4.78, 5) is 10.0. The maximum atomic E-state index is 12.4. The summed E-state index contributed by atoms with van der Waals surface area (Å²) < 4.78 is 85.9. The van der Waals surface area contributed by atoms with Gasteiger partial charge in [-0.1, -0.05) is 0 Å². The van der Waals surface area contributed by atoms with E-state index in [0.29, 0.717) is 12.1 Å². The van der Waals surface area contributed by atoms with E-state index in [1.54, 1.807) is 0 Å². The lowest BCUT2D eigenvalue weighted by atomic mass is 10.1. The zero-order chi connectivity index (χ0) is 14.1. The molecule has 1 rings (SSSR count). The fraction of sp³-hybridized carbons (Fsp3) is 0.222. The third-order valence-corrected chi connectivity index (χ3v) is 1.89. The van der Waals surface area contributed by atoms with Crippen LogP contribution in [0.4, 0.5) is 41.2 Å². The Hall–Kier alpha value is -1.80. The van der Waals surface area contributed by atoms with Gasteiger partial charge < -0.3 is 0 Å². The van der Waals surface area contributed by atoms with E-state index in [1.165, 1.54) is 5.32 Å². The lowest BCUT2D eigenvalue weighted by molar-refractivity contribution is -0.142. The molecule has 0 aliphatic rings. The Kier molecular flexibility index (Phi) is 3.54. The number of carbonyl (C=O) groups is 1. The van der Waals surface area contributed by atoms with Crippen LogP contribution in [0.5, 0.6) is 0 Å². The Balaban J connectivity index is 3.34. The zero-order valence-corrected chi connectivity index (χ0v) is 8.29. The summed E-state index contributed by atoms with van der Waals surface area (Å²) in [6.07, 6.45) is -12.4. The first-order chi connectivity index (χ1) is 8.01. The largest absolute Gasteiger partial charge is 0.418 e. The predicted molar refractivity (Wildman–Crippen MR) is 46.6 cm³/mol. The third kappa shape index (κ3) is 3.34. The molecule has 1 amide bonds. The van der Waals surface area contributed by atoms with Crippen LogP contribution in [0.3, 0.4) is 0 Å². The highest BCUT2D eigenvalue weighted by Gasteiger charge is 2.38. The van der Waals surface area contributed by atoms with Crippen LogP contribution in [0, 0.1) is 0 Å². The van der Waals surface area contributed by atoms with Crippen molar-refractivity contribution in [1.82, 2.24) is 0 Å². The molecule has 1 aromatic carbocycles. The second kappa shape index (κ2) is 4.46. The molecule has 0 atom stereocenters. The van der Waals surface area contributed by atoms with Gasteiger partial charge in [-0.15, -0.1) is 4.39 Å². The molecule has 0 aromatic heterocycles. The smallest absolute Gasteiger partial charge is 0.297 e. The minimum Gasteiger partial charge on any atom is -0.297 e. The minimum atomic E-state index is -5.15. The van der Waals surface area contributed by atoms with Gasteiger partial charge in [-0.3, -0.25) is 5.32 Å². The first kappa shape index (κ1) is 14.3. The van der Waals surface area contributed by atoms with E-state index in [0.717, 1.165) is 0 Å². The van der Waals surface area contributed by atoms with E-state index in [4.69, 9.17) is 0 Å². The van der Waals surface area contributed by atoms with Crippen molar-refractivity contribution in [2.75, 3.05) is 5.32 Å². The molecule has 0 unspecified atom stereocenters. The Morgan fingerprint density at radius 2 is 1.56 bits per heavy atom. The molecule has 0 spiro atoms. The predicted octanol–water partition coefficient (Wildman–Crippen LogP) is 4.23. The number of alkyl halides is 6. The van der Waals surface area contributed by atoms with Gasteiger partial charge in [-0.2, -0.15) is 26.3 Å². The Morgan fingerprint density at radius 1 is 1.00 bits per heavy atom. The van der Waals surface area contributed by atoms with Crippen LogP contribution in [0.2, 0.25) is 0 Å². The number of halogens is 7. The Morgan fingerprint density at radius 3 is 1.94 bits per heavy atom. The molecule has 0 radical (unpaired) electrons. The summed E-state index contributed by atoms with van der Waals surface area (Å²) in [5.74, 6) is 0. The van der Waals surface area contributed by atoms with Gasteiger partial charge in [0.1, 0.15) is 0 Å². The summed E-state index contributed by atoms with van der Waals surface area (Å²) in [5, 5.41) is 1.17. The van der Waals surface area contributed by atoms with Gasteiger partial charge in [0, 0.05) is 0 Å². The van der Waals surface area contributed by atoms with Crippen molar-refractivity contribution in [3.05, 3.63) is 29.3 Å². The van der Waals surface area contributed by atoms with Crippen LogP contribution < -0.4 is 5.32 Å². The van der Waals surface area contributed by atoms with Crippen molar-refractivity contribution in [3.63, 3.8) is 0 Å². The minimum absolute atomic E-state index is 0.203. The standard InChI is InChI=1S/C9H4F7NO/c10-7(18)17-6-2-1-4(8(11,12)13)3-5(6)9(14,15)16/h1-3H,(H,17,18). The average molecular weight is 275 g/mol. The van der Waals surface area contributed by atoms with Crippen LogP contribution in [0.25, 0.3) is 0 Å². The molecule has 9 heteroatoms. The summed E-state index contributed by atoms with van der Waals surface area (Å²) in [7, 11) is 0. The fourth-order valence-corrected chi connectivity index (χ4v) is 1.17. The number of rotatable bonds is 1. The number of benzene rings is 1. The van der Waals surface area contributed by atoms with E-state index >= 15 is 0 Å². The molecule has 0 fully saturated rings. The van der Waals surface area contributed by atoms with Gasteiger partial charge in [-0.05, 0) is 18.2 Å². The van der Waals surface area contributed by atoms with Crippen LogP contribution in [0.1, 0.15) is 11.1 Å². The molecular formula is C9H4F7NO. The molecular weight excluding hydrogens is 271 g/mol. The molecule has 0 bridgehead atoms. The van der Waals surface area contributed by atoms with Gasteiger partial charge in [0.25, 0.3) is 0 Å². The van der Waals surface area contributed by atoms with E-state index in [2.05, 4.69) is 0 Å². The molecule has 2 nitrogen and oxygen atoms in total. The Labute approximate surface area is 95.4 Å². The SMILES string of the molecule is O=C(F)Nc1ccc(C(F)(F)F)cc1C(F)(F)F. The Bertz CT molecular complexity index is 463. The number of carbonyl (C=O) groups excluding carboxylic acids is 1. The number of amides is 1. The third-order valence-electron chi connectivity index (χ3n) is 1.89. The molecule has 0 saturated heterocycles.